The summed E-state index contributed by atoms with van der Waals surface area (Å²) in [4.78, 5) is 26.0. The fourth-order valence-corrected chi connectivity index (χ4v) is 8.90. The highest BCUT2D eigenvalue weighted by atomic mass is 16.6. The van der Waals surface area contributed by atoms with Gasteiger partial charge in [0.2, 0.25) is 0 Å². The van der Waals surface area contributed by atoms with E-state index in [0.717, 1.165) is 44.2 Å². The Morgan fingerprint density at radius 1 is 1.14 bits per heavy atom. The monoisotopic (exact) mass is 480 g/mol. The molecule has 0 unspecified atom stereocenters. The lowest BCUT2D eigenvalue weighted by molar-refractivity contribution is -0.0867. The lowest BCUT2D eigenvalue weighted by Gasteiger charge is -2.59. The molecule has 1 aromatic rings. The number of nitrogens with zero attached hydrogens (tertiary/aromatic N) is 1. The Morgan fingerprint density at radius 3 is 2.74 bits per heavy atom. The van der Waals surface area contributed by atoms with Crippen LogP contribution >= 0.6 is 0 Å². The molecule has 35 heavy (non-hydrogen) atoms. The molecule has 1 amide bonds. The first-order valence-corrected chi connectivity index (χ1v) is 13.8. The van der Waals surface area contributed by atoms with E-state index in [1.54, 1.807) is 22.8 Å². The Balaban J connectivity index is 1.15. The van der Waals surface area contributed by atoms with Gasteiger partial charge in [-0.1, -0.05) is 25.5 Å². The number of rotatable bonds is 2. The van der Waals surface area contributed by atoms with Crippen LogP contribution < -0.4 is 11.4 Å². The van der Waals surface area contributed by atoms with Crippen LogP contribution in [0.2, 0.25) is 0 Å². The second-order valence-electron chi connectivity index (χ2n) is 12.6. The molecule has 1 saturated heterocycles. The van der Waals surface area contributed by atoms with Crippen LogP contribution in [0.3, 0.4) is 0 Å². The van der Waals surface area contributed by atoms with Gasteiger partial charge in [-0.25, -0.2) is 9.59 Å². The van der Waals surface area contributed by atoms with E-state index in [4.69, 9.17) is 14.9 Å². The van der Waals surface area contributed by atoms with Gasteiger partial charge in [-0.3, -0.25) is 0 Å². The highest BCUT2D eigenvalue weighted by Gasteiger charge is 2.58. The van der Waals surface area contributed by atoms with Crippen LogP contribution in [-0.2, 0) is 4.74 Å². The second-order valence-corrected chi connectivity index (χ2v) is 12.6. The van der Waals surface area contributed by atoms with Crippen molar-refractivity contribution in [2.75, 3.05) is 13.1 Å². The number of fused-ring (bicyclic) bond motifs is 5. The van der Waals surface area contributed by atoms with Gasteiger partial charge in [0.1, 0.15) is 6.10 Å². The third kappa shape index (κ3) is 3.78. The van der Waals surface area contributed by atoms with E-state index >= 15 is 0 Å². The van der Waals surface area contributed by atoms with Gasteiger partial charge in [-0.2, -0.15) is 0 Å². The van der Waals surface area contributed by atoms with Crippen LogP contribution in [0.1, 0.15) is 83.1 Å². The summed E-state index contributed by atoms with van der Waals surface area (Å²) in [6, 6.07) is 3.63. The van der Waals surface area contributed by atoms with Crippen molar-refractivity contribution in [1.82, 2.24) is 4.90 Å². The quantitative estimate of drug-likeness (QED) is 0.586. The molecule has 6 heteroatoms. The number of carbonyl (C=O) groups is 1. The molecule has 5 aliphatic rings. The van der Waals surface area contributed by atoms with Crippen LogP contribution in [0, 0.1) is 28.6 Å². The number of hydrogen-bond acceptors (Lipinski definition) is 5. The normalized spacial score (nSPS) is 42.6. The first-order chi connectivity index (χ1) is 16.8. The fourth-order valence-electron chi connectivity index (χ4n) is 8.90. The number of amides is 1. The van der Waals surface area contributed by atoms with Crippen molar-refractivity contribution in [3.8, 4) is 0 Å². The summed E-state index contributed by atoms with van der Waals surface area (Å²) < 4.78 is 11.2. The highest BCUT2D eigenvalue weighted by Crippen LogP contribution is 2.67. The molecule has 0 aromatic carbocycles. The maximum absolute atomic E-state index is 12.7. The summed E-state index contributed by atoms with van der Waals surface area (Å²) in [5.74, 6) is 2.39. The third-order valence-electron chi connectivity index (χ3n) is 10.9. The standard InChI is InChI=1S/C29H40N2O4/c1-28-12-9-21(35-27(33)31-14-11-20(30)16-31)15-19(28)4-5-22-24-7-6-23(18-3-8-26(32)34-17-18)29(24,2)13-10-25(22)28/h3,7-8,17,19-23,25H,4-6,9-16,30H2,1-2H3/t19-,20+,21+,22+,23-,25+,28+,29-/m1/s1. The molecule has 6 nitrogen and oxygen atoms in total. The van der Waals surface area contributed by atoms with E-state index in [0.29, 0.717) is 35.6 Å². The predicted molar refractivity (Wildman–Crippen MR) is 134 cm³/mol. The molecule has 0 bridgehead atoms. The van der Waals surface area contributed by atoms with Gasteiger partial charge in [0.25, 0.3) is 0 Å². The van der Waals surface area contributed by atoms with E-state index in [9.17, 15) is 9.59 Å². The minimum Gasteiger partial charge on any atom is -0.446 e. The van der Waals surface area contributed by atoms with Crippen LogP contribution in [0.4, 0.5) is 4.79 Å². The first kappa shape index (κ1) is 23.3. The van der Waals surface area contributed by atoms with E-state index < -0.39 is 0 Å². The van der Waals surface area contributed by atoms with Gasteiger partial charge < -0.3 is 19.8 Å². The number of hydrogen-bond donors (Lipinski definition) is 1. The molecule has 0 radical (unpaired) electrons. The molecule has 4 aliphatic carbocycles. The van der Waals surface area contributed by atoms with E-state index in [2.05, 4.69) is 19.9 Å². The predicted octanol–water partition coefficient (Wildman–Crippen LogP) is 5.22. The molecule has 3 saturated carbocycles. The van der Waals surface area contributed by atoms with Crippen molar-refractivity contribution < 1.29 is 13.9 Å². The van der Waals surface area contributed by atoms with Crippen molar-refractivity contribution in [2.45, 2.75) is 89.7 Å². The molecule has 2 N–H and O–H groups in total. The number of nitrogens with two attached hydrogens (primary N) is 1. The average molecular weight is 481 g/mol. The van der Waals surface area contributed by atoms with Crippen LogP contribution in [0.15, 0.2) is 39.3 Å². The van der Waals surface area contributed by atoms with E-state index in [1.807, 2.05) is 6.07 Å². The highest BCUT2D eigenvalue weighted by molar-refractivity contribution is 5.68. The molecule has 8 atom stereocenters. The summed E-state index contributed by atoms with van der Waals surface area (Å²) in [6.45, 7) is 6.34. The zero-order chi connectivity index (χ0) is 24.4. The third-order valence-corrected chi connectivity index (χ3v) is 10.9. The van der Waals surface area contributed by atoms with Gasteiger partial charge in [0.05, 0.1) is 6.26 Å². The smallest absolute Gasteiger partial charge is 0.410 e. The van der Waals surface area contributed by atoms with E-state index in [1.165, 1.54) is 25.7 Å². The Labute approximate surface area is 208 Å². The number of allylic oxidation sites excluding steroid dienone is 2. The van der Waals surface area contributed by atoms with Gasteiger partial charge >= 0.3 is 11.7 Å². The van der Waals surface area contributed by atoms with Crippen LogP contribution in [-0.4, -0.2) is 36.2 Å². The molecular formula is C29H40N2O4. The van der Waals surface area contributed by atoms with Crippen molar-refractivity contribution in [1.29, 1.82) is 0 Å². The zero-order valence-electron chi connectivity index (χ0n) is 21.2. The summed E-state index contributed by atoms with van der Waals surface area (Å²) in [6.07, 6.45) is 14.1. The van der Waals surface area contributed by atoms with Gasteiger partial charge in [0, 0.05) is 25.2 Å². The van der Waals surface area contributed by atoms with E-state index in [-0.39, 0.29) is 29.3 Å². The lowest BCUT2D eigenvalue weighted by atomic mass is 9.46. The summed E-state index contributed by atoms with van der Waals surface area (Å²) in [7, 11) is 0. The maximum atomic E-state index is 12.7. The molecule has 1 aliphatic heterocycles. The molecule has 0 spiro atoms. The molecule has 1 aromatic heterocycles. The number of carbonyl (C=O) groups excluding carboxylic acids is 1. The molecule has 190 valence electrons. The van der Waals surface area contributed by atoms with Crippen molar-refractivity contribution in [3.05, 3.63) is 46.0 Å². The number of ether oxygens (including phenoxy) is 1. The maximum Gasteiger partial charge on any atom is 0.410 e. The zero-order valence-corrected chi connectivity index (χ0v) is 21.2. The minimum absolute atomic E-state index is 0.0469. The summed E-state index contributed by atoms with van der Waals surface area (Å²) >= 11 is 0. The molecule has 2 heterocycles. The van der Waals surface area contributed by atoms with Gasteiger partial charge in [-0.15, -0.1) is 0 Å². The van der Waals surface area contributed by atoms with Gasteiger partial charge in [-0.05, 0) is 104 Å². The van der Waals surface area contributed by atoms with Crippen molar-refractivity contribution in [3.63, 3.8) is 0 Å². The first-order valence-electron chi connectivity index (χ1n) is 13.8. The Bertz CT molecular complexity index is 1060. The summed E-state index contributed by atoms with van der Waals surface area (Å²) in [5.41, 5.74) is 9.03. The fraction of sp³-hybridized carbons (Fsp3) is 0.724. The Hall–Kier alpha value is -2.08. The lowest BCUT2D eigenvalue weighted by Crippen LogP contribution is -2.52. The second kappa shape index (κ2) is 8.50. The number of likely N-dealkylation sites (tertiary alicyclic amines) is 1. The van der Waals surface area contributed by atoms with Crippen LogP contribution in [0.25, 0.3) is 0 Å². The Morgan fingerprint density at radius 2 is 2.00 bits per heavy atom. The van der Waals surface area contributed by atoms with Gasteiger partial charge in [0.15, 0.2) is 0 Å². The topological polar surface area (TPSA) is 85.8 Å². The molecule has 6 rings (SSSR count). The minimum atomic E-state index is -0.273. The average Bonchev–Trinajstić information content (AvgIpc) is 3.43. The molecular weight excluding hydrogens is 440 g/mol. The largest absolute Gasteiger partial charge is 0.446 e. The van der Waals surface area contributed by atoms with Crippen LogP contribution in [0.5, 0.6) is 0 Å². The summed E-state index contributed by atoms with van der Waals surface area (Å²) in [5, 5.41) is 0. The van der Waals surface area contributed by atoms with Crippen molar-refractivity contribution in [2.24, 2.45) is 34.3 Å². The SMILES string of the molecule is C[C@]12CC[C@H](OC(=O)N3CC[C@H](N)C3)C[C@H]1CC[C@H]1C3=CC[C@H](c4ccc(=O)oc4)[C@@]3(C)CC[C@@H]12. The Kier molecular flexibility index (Phi) is 5.66. The van der Waals surface area contributed by atoms with Crippen molar-refractivity contribution >= 4 is 6.09 Å². The molecule has 4 fully saturated rings.